The standard InChI is InChI=1S/C43H68N6O9/c1-26(2)20-30(46-42(57)32-14-8-10-16-34(32)44)22-38(51)49-36(27(3)4)25-39(52)48-35-17-11-9-15-33(35)43(58)47-31(21-28-12-6-5-7-13-28)23-37(50)45-29(24-41(55)56)18-19-40(53)54/h5-7,12-13,26-27,29-36H,8-11,14-25,44H2,1-4H3,(H,45,50)(H,46,57)(H,47,58)(H,48,52)(H,49,51)(H,53,54)(H,55,56)/t29-,30-,31-,32+,33+,34+,35+,36+/m0/s1. The third-order valence-electron chi connectivity index (χ3n) is 11.3. The lowest BCUT2D eigenvalue weighted by molar-refractivity contribution is -0.140. The van der Waals surface area contributed by atoms with E-state index in [1.807, 2.05) is 58.0 Å². The van der Waals surface area contributed by atoms with Gasteiger partial charge in [0.25, 0.3) is 0 Å². The number of hydrogen-bond acceptors (Lipinski definition) is 8. The van der Waals surface area contributed by atoms with Crippen LogP contribution in [0.25, 0.3) is 0 Å². The normalized spacial score (nSPS) is 21.5. The Bertz CT molecular complexity index is 1520. The number of carbonyl (C=O) groups is 7. The second kappa shape index (κ2) is 24.4. The average Bonchev–Trinajstić information content (AvgIpc) is 3.13. The van der Waals surface area contributed by atoms with Crippen molar-refractivity contribution in [3.8, 4) is 0 Å². The van der Waals surface area contributed by atoms with Gasteiger partial charge in [-0.2, -0.15) is 0 Å². The molecule has 8 atom stereocenters. The molecule has 15 heteroatoms. The third-order valence-corrected chi connectivity index (χ3v) is 11.3. The van der Waals surface area contributed by atoms with Crippen molar-refractivity contribution in [3.63, 3.8) is 0 Å². The van der Waals surface area contributed by atoms with Crippen molar-refractivity contribution in [2.24, 2.45) is 29.4 Å². The summed E-state index contributed by atoms with van der Waals surface area (Å²) >= 11 is 0. The molecule has 1 aromatic rings. The topological polar surface area (TPSA) is 246 Å². The Labute approximate surface area is 343 Å². The Kier molecular flexibility index (Phi) is 20.1. The summed E-state index contributed by atoms with van der Waals surface area (Å²) in [6.45, 7) is 7.92. The molecule has 2 saturated carbocycles. The highest BCUT2D eigenvalue weighted by Gasteiger charge is 2.35. The molecule has 2 fully saturated rings. The van der Waals surface area contributed by atoms with Gasteiger partial charge in [0.2, 0.25) is 29.5 Å². The van der Waals surface area contributed by atoms with Crippen molar-refractivity contribution in [3.05, 3.63) is 35.9 Å². The first-order chi connectivity index (χ1) is 27.5. The smallest absolute Gasteiger partial charge is 0.305 e. The third kappa shape index (κ3) is 17.5. The summed E-state index contributed by atoms with van der Waals surface area (Å²) in [5.74, 6) is -4.45. The lowest BCUT2D eigenvalue weighted by Crippen LogP contribution is -2.52. The van der Waals surface area contributed by atoms with Crippen LogP contribution in [0.3, 0.4) is 0 Å². The van der Waals surface area contributed by atoms with Gasteiger partial charge in [-0.25, -0.2) is 0 Å². The fourth-order valence-electron chi connectivity index (χ4n) is 8.21. The summed E-state index contributed by atoms with van der Waals surface area (Å²) in [5.41, 5.74) is 7.13. The molecule has 0 spiro atoms. The zero-order valence-corrected chi connectivity index (χ0v) is 34.8. The Morgan fingerprint density at radius 2 is 1.24 bits per heavy atom. The highest BCUT2D eigenvalue weighted by Crippen LogP contribution is 2.26. The molecule has 15 nitrogen and oxygen atoms in total. The predicted molar refractivity (Wildman–Crippen MR) is 219 cm³/mol. The summed E-state index contributed by atoms with van der Waals surface area (Å²) < 4.78 is 0. The number of hydrogen-bond donors (Lipinski definition) is 8. The number of nitrogens with one attached hydrogen (secondary N) is 5. The number of nitrogens with two attached hydrogens (primary N) is 1. The molecule has 0 aliphatic heterocycles. The number of carboxylic acids is 2. The zero-order valence-electron chi connectivity index (χ0n) is 34.8. The summed E-state index contributed by atoms with van der Waals surface area (Å²) in [7, 11) is 0. The average molecular weight is 813 g/mol. The van der Waals surface area contributed by atoms with E-state index in [1.54, 1.807) is 0 Å². The van der Waals surface area contributed by atoms with Crippen molar-refractivity contribution >= 4 is 41.5 Å². The van der Waals surface area contributed by atoms with E-state index < -0.39 is 54.4 Å². The minimum absolute atomic E-state index is 0.00255. The number of amides is 5. The Morgan fingerprint density at radius 1 is 0.655 bits per heavy atom. The number of benzene rings is 1. The van der Waals surface area contributed by atoms with E-state index in [-0.39, 0.29) is 85.6 Å². The fourth-order valence-corrected chi connectivity index (χ4v) is 8.21. The zero-order chi connectivity index (χ0) is 42.8. The molecule has 0 bridgehead atoms. The van der Waals surface area contributed by atoms with E-state index in [9.17, 15) is 38.7 Å². The molecule has 324 valence electrons. The van der Waals surface area contributed by atoms with Gasteiger partial charge in [0.05, 0.1) is 18.3 Å². The predicted octanol–water partition coefficient (Wildman–Crippen LogP) is 3.57. The number of aliphatic carboxylic acids is 2. The molecule has 1 aromatic carbocycles. The van der Waals surface area contributed by atoms with Gasteiger partial charge < -0.3 is 42.5 Å². The molecular formula is C43H68N6O9. The quantitative estimate of drug-likeness (QED) is 0.0798. The van der Waals surface area contributed by atoms with Gasteiger partial charge in [0.15, 0.2) is 0 Å². The van der Waals surface area contributed by atoms with E-state index in [0.29, 0.717) is 25.7 Å². The molecule has 0 radical (unpaired) electrons. The largest absolute Gasteiger partial charge is 0.481 e. The maximum absolute atomic E-state index is 13.9. The lowest BCUT2D eigenvalue weighted by Gasteiger charge is -2.33. The van der Waals surface area contributed by atoms with E-state index in [2.05, 4.69) is 26.6 Å². The summed E-state index contributed by atoms with van der Waals surface area (Å²) in [6.07, 6.45) is 6.24. The van der Waals surface area contributed by atoms with Gasteiger partial charge in [-0.05, 0) is 62.3 Å². The van der Waals surface area contributed by atoms with Gasteiger partial charge >= 0.3 is 11.9 Å². The van der Waals surface area contributed by atoms with Crippen molar-refractivity contribution < 1.29 is 43.8 Å². The van der Waals surface area contributed by atoms with E-state index in [1.165, 1.54) is 0 Å². The Morgan fingerprint density at radius 3 is 1.86 bits per heavy atom. The number of rotatable bonds is 23. The van der Waals surface area contributed by atoms with Crippen LogP contribution in [0.5, 0.6) is 0 Å². The van der Waals surface area contributed by atoms with Crippen LogP contribution in [0.15, 0.2) is 30.3 Å². The minimum Gasteiger partial charge on any atom is -0.481 e. The van der Waals surface area contributed by atoms with Gasteiger partial charge in [-0.3, -0.25) is 33.6 Å². The van der Waals surface area contributed by atoms with Crippen LogP contribution >= 0.6 is 0 Å². The van der Waals surface area contributed by atoms with Crippen molar-refractivity contribution in [1.29, 1.82) is 0 Å². The first-order valence-electron chi connectivity index (χ1n) is 21.2. The maximum atomic E-state index is 13.9. The number of carbonyl (C=O) groups excluding carboxylic acids is 5. The maximum Gasteiger partial charge on any atom is 0.305 e. The second-order valence-corrected chi connectivity index (χ2v) is 17.2. The number of carboxylic acid groups (broad SMARTS) is 2. The molecule has 0 aromatic heterocycles. The Hall–Kier alpha value is -4.53. The Balaban J connectivity index is 1.64. The van der Waals surface area contributed by atoms with Gasteiger partial charge in [0.1, 0.15) is 0 Å². The van der Waals surface area contributed by atoms with Crippen LogP contribution in [0.2, 0.25) is 0 Å². The van der Waals surface area contributed by atoms with Crippen molar-refractivity contribution in [1.82, 2.24) is 26.6 Å². The molecule has 3 rings (SSSR count). The molecule has 5 amide bonds. The monoisotopic (exact) mass is 813 g/mol. The van der Waals surface area contributed by atoms with Crippen LogP contribution in [0.4, 0.5) is 0 Å². The van der Waals surface area contributed by atoms with Gasteiger partial charge in [0, 0.05) is 61.9 Å². The van der Waals surface area contributed by atoms with Crippen LogP contribution < -0.4 is 32.3 Å². The van der Waals surface area contributed by atoms with Crippen LogP contribution in [-0.2, 0) is 40.0 Å². The second-order valence-electron chi connectivity index (χ2n) is 17.2. The van der Waals surface area contributed by atoms with E-state index >= 15 is 0 Å². The molecular weight excluding hydrogens is 745 g/mol. The molecule has 2 aliphatic rings. The van der Waals surface area contributed by atoms with Crippen molar-refractivity contribution in [2.45, 2.75) is 167 Å². The molecule has 0 saturated heterocycles. The minimum atomic E-state index is -1.17. The SMILES string of the molecule is CC(C)C[C@@H](CC(=O)N[C@H](CC(=O)N[C@@H]1CCCC[C@H]1C(=O)N[C@H](CC(=O)N[C@@H](CCC(=O)O)CC(=O)O)Cc1ccccc1)C(C)C)NC(=O)[C@@H]1CCCC[C@H]1N. The molecule has 2 aliphatic carbocycles. The highest BCUT2D eigenvalue weighted by atomic mass is 16.4. The van der Waals surface area contributed by atoms with Crippen molar-refractivity contribution in [2.75, 3.05) is 0 Å². The molecule has 9 N–H and O–H groups in total. The summed E-state index contributed by atoms with van der Waals surface area (Å²) in [5, 5.41) is 33.3. The highest BCUT2D eigenvalue weighted by molar-refractivity contribution is 5.85. The van der Waals surface area contributed by atoms with Gasteiger partial charge in [-0.15, -0.1) is 0 Å². The summed E-state index contributed by atoms with van der Waals surface area (Å²) in [6, 6.07) is 6.22. The molecule has 0 heterocycles. The van der Waals surface area contributed by atoms with E-state index in [4.69, 9.17) is 10.8 Å². The van der Waals surface area contributed by atoms with Crippen LogP contribution in [-0.4, -0.2) is 87.9 Å². The van der Waals surface area contributed by atoms with Crippen LogP contribution in [0, 0.1) is 23.7 Å². The molecule has 0 unspecified atom stereocenters. The molecule has 58 heavy (non-hydrogen) atoms. The van der Waals surface area contributed by atoms with Crippen LogP contribution in [0.1, 0.15) is 130 Å². The summed E-state index contributed by atoms with van der Waals surface area (Å²) in [4.78, 5) is 89.8. The van der Waals surface area contributed by atoms with E-state index in [0.717, 1.165) is 44.1 Å². The first-order valence-corrected chi connectivity index (χ1v) is 21.2. The first kappa shape index (κ1) is 47.8. The lowest BCUT2D eigenvalue weighted by atomic mass is 9.83. The fraction of sp³-hybridized carbons (Fsp3) is 0.698. The van der Waals surface area contributed by atoms with Gasteiger partial charge in [-0.1, -0.05) is 83.7 Å².